The van der Waals surface area contributed by atoms with Crippen molar-refractivity contribution < 1.29 is 9.90 Å². The summed E-state index contributed by atoms with van der Waals surface area (Å²) in [5.41, 5.74) is -0.0651. The molecule has 1 atom stereocenters. The van der Waals surface area contributed by atoms with E-state index in [-0.39, 0.29) is 5.78 Å². The van der Waals surface area contributed by atoms with Crippen molar-refractivity contribution in [1.82, 2.24) is 0 Å². The smallest absolute Gasteiger partial charge is 0.165 e. The maximum Gasteiger partial charge on any atom is 0.165 e. The highest BCUT2D eigenvalue weighted by Crippen LogP contribution is 2.57. The molecular formula is C17H20O2. The summed E-state index contributed by atoms with van der Waals surface area (Å²) < 4.78 is 0. The molecule has 1 aromatic carbocycles. The summed E-state index contributed by atoms with van der Waals surface area (Å²) in [6, 6.07) is 9.68. The molecule has 0 aromatic heterocycles. The number of carbonyl (C=O) groups is 1. The largest absolute Gasteiger partial charge is 0.380 e. The van der Waals surface area contributed by atoms with E-state index < -0.39 is 11.0 Å². The van der Waals surface area contributed by atoms with Crippen LogP contribution >= 0.6 is 0 Å². The van der Waals surface area contributed by atoms with Crippen LogP contribution in [0.2, 0.25) is 0 Å². The SMILES string of the molecule is CC1=CC(=O)C2(CCCCC2)C1(O)c1ccccc1. The van der Waals surface area contributed by atoms with E-state index >= 15 is 0 Å². The molecule has 19 heavy (non-hydrogen) atoms. The van der Waals surface area contributed by atoms with Crippen LogP contribution in [-0.2, 0) is 10.4 Å². The van der Waals surface area contributed by atoms with Crippen LogP contribution in [0.15, 0.2) is 42.0 Å². The van der Waals surface area contributed by atoms with E-state index in [0.717, 1.165) is 36.8 Å². The molecule has 0 bridgehead atoms. The summed E-state index contributed by atoms with van der Waals surface area (Å²) in [4.78, 5) is 12.5. The van der Waals surface area contributed by atoms with Crippen molar-refractivity contribution in [2.75, 3.05) is 0 Å². The zero-order valence-corrected chi connectivity index (χ0v) is 11.4. The minimum atomic E-state index is -1.11. The van der Waals surface area contributed by atoms with E-state index in [4.69, 9.17) is 0 Å². The lowest BCUT2D eigenvalue weighted by Crippen LogP contribution is -2.48. The molecule has 1 unspecified atom stereocenters. The maximum atomic E-state index is 12.5. The molecule has 1 aromatic rings. The summed E-state index contributed by atoms with van der Waals surface area (Å²) in [7, 11) is 0. The molecule has 1 fully saturated rings. The number of rotatable bonds is 1. The van der Waals surface area contributed by atoms with Gasteiger partial charge in [-0.25, -0.2) is 0 Å². The maximum absolute atomic E-state index is 12.5. The Balaban J connectivity index is 2.16. The Kier molecular flexibility index (Phi) is 2.86. The lowest BCUT2D eigenvalue weighted by atomic mass is 9.60. The standard InChI is InChI=1S/C17H20O2/c1-13-12-15(18)16(10-6-3-7-11-16)17(13,19)14-8-4-2-5-9-14/h2,4-5,8-9,12,19H,3,6-7,10-11H2,1H3. The number of aliphatic hydroxyl groups is 1. The van der Waals surface area contributed by atoms with Crippen LogP contribution in [0.25, 0.3) is 0 Å². The summed E-state index contributed by atoms with van der Waals surface area (Å²) in [6.45, 7) is 1.88. The van der Waals surface area contributed by atoms with Crippen molar-refractivity contribution in [2.45, 2.75) is 44.6 Å². The molecule has 1 N–H and O–H groups in total. The summed E-state index contributed by atoms with van der Waals surface area (Å²) >= 11 is 0. The third-order valence-electron chi connectivity index (χ3n) is 4.98. The molecule has 3 rings (SSSR count). The van der Waals surface area contributed by atoms with Crippen LogP contribution in [0.1, 0.15) is 44.6 Å². The average molecular weight is 256 g/mol. The molecule has 2 aliphatic carbocycles. The van der Waals surface area contributed by atoms with E-state index in [9.17, 15) is 9.90 Å². The Bertz CT molecular complexity index is 523. The fourth-order valence-corrected chi connectivity index (χ4v) is 3.94. The van der Waals surface area contributed by atoms with Crippen molar-refractivity contribution in [3.05, 3.63) is 47.5 Å². The molecule has 1 spiro atoms. The summed E-state index contributed by atoms with van der Waals surface area (Å²) in [5.74, 6) is 0.121. The van der Waals surface area contributed by atoms with Crippen molar-refractivity contribution in [3.63, 3.8) is 0 Å². The van der Waals surface area contributed by atoms with Crippen LogP contribution in [0.5, 0.6) is 0 Å². The fourth-order valence-electron chi connectivity index (χ4n) is 3.94. The Morgan fingerprint density at radius 1 is 1.05 bits per heavy atom. The van der Waals surface area contributed by atoms with E-state index in [1.807, 2.05) is 37.3 Å². The molecule has 0 radical (unpaired) electrons. The highest BCUT2D eigenvalue weighted by molar-refractivity contribution is 6.00. The van der Waals surface area contributed by atoms with Gasteiger partial charge in [0.05, 0.1) is 5.41 Å². The van der Waals surface area contributed by atoms with Crippen molar-refractivity contribution in [2.24, 2.45) is 5.41 Å². The molecule has 100 valence electrons. The topological polar surface area (TPSA) is 37.3 Å². The van der Waals surface area contributed by atoms with Crippen molar-refractivity contribution in [1.29, 1.82) is 0 Å². The van der Waals surface area contributed by atoms with Gasteiger partial charge >= 0.3 is 0 Å². The van der Waals surface area contributed by atoms with Gasteiger partial charge in [0.25, 0.3) is 0 Å². The summed E-state index contributed by atoms with van der Waals surface area (Å²) in [5, 5.41) is 11.4. The van der Waals surface area contributed by atoms with Crippen LogP contribution in [0, 0.1) is 5.41 Å². The van der Waals surface area contributed by atoms with Gasteiger partial charge in [-0.15, -0.1) is 0 Å². The first-order valence-corrected chi connectivity index (χ1v) is 7.12. The van der Waals surface area contributed by atoms with Crippen LogP contribution in [-0.4, -0.2) is 10.9 Å². The molecule has 0 aliphatic heterocycles. The second-order valence-electron chi connectivity index (χ2n) is 5.91. The third-order valence-corrected chi connectivity index (χ3v) is 4.98. The fraction of sp³-hybridized carbons (Fsp3) is 0.471. The van der Waals surface area contributed by atoms with E-state index in [1.54, 1.807) is 6.08 Å². The molecule has 2 aliphatic rings. The molecular weight excluding hydrogens is 236 g/mol. The van der Waals surface area contributed by atoms with Gasteiger partial charge in [0.15, 0.2) is 5.78 Å². The van der Waals surface area contributed by atoms with E-state index in [2.05, 4.69) is 0 Å². The number of benzene rings is 1. The molecule has 2 nitrogen and oxygen atoms in total. The van der Waals surface area contributed by atoms with Crippen molar-refractivity contribution >= 4 is 5.78 Å². The number of hydrogen-bond acceptors (Lipinski definition) is 2. The molecule has 0 amide bonds. The van der Waals surface area contributed by atoms with Crippen LogP contribution in [0.4, 0.5) is 0 Å². The van der Waals surface area contributed by atoms with Gasteiger partial charge in [-0.2, -0.15) is 0 Å². The third kappa shape index (κ3) is 1.56. The van der Waals surface area contributed by atoms with Crippen LogP contribution < -0.4 is 0 Å². The lowest BCUT2D eigenvalue weighted by molar-refractivity contribution is -0.140. The zero-order chi connectivity index (χ0) is 13.5. The number of allylic oxidation sites excluding steroid dienone is 1. The van der Waals surface area contributed by atoms with E-state index in [0.29, 0.717) is 0 Å². The average Bonchev–Trinajstić information content (AvgIpc) is 2.64. The minimum absolute atomic E-state index is 0.121. The first kappa shape index (κ1) is 12.6. The summed E-state index contributed by atoms with van der Waals surface area (Å²) in [6.07, 6.45) is 6.48. The Hall–Kier alpha value is -1.41. The Morgan fingerprint density at radius 3 is 2.32 bits per heavy atom. The van der Waals surface area contributed by atoms with Gasteiger partial charge in [-0.05, 0) is 37.0 Å². The second-order valence-corrected chi connectivity index (χ2v) is 5.91. The Labute approximate surface area is 114 Å². The van der Waals surface area contributed by atoms with Gasteiger partial charge in [-0.1, -0.05) is 49.6 Å². The molecule has 1 saturated carbocycles. The predicted molar refractivity (Wildman–Crippen MR) is 74.6 cm³/mol. The lowest BCUT2D eigenvalue weighted by Gasteiger charge is -2.45. The minimum Gasteiger partial charge on any atom is -0.380 e. The van der Waals surface area contributed by atoms with Crippen molar-refractivity contribution in [3.8, 4) is 0 Å². The number of ketones is 1. The Morgan fingerprint density at radius 2 is 1.68 bits per heavy atom. The van der Waals surface area contributed by atoms with Gasteiger partial charge in [0.2, 0.25) is 0 Å². The van der Waals surface area contributed by atoms with Gasteiger partial charge in [-0.3, -0.25) is 4.79 Å². The zero-order valence-electron chi connectivity index (χ0n) is 11.4. The van der Waals surface area contributed by atoms with Gasteiger partial charge in [0.1, 0.15) is 5.60 Å². The van der Waals surface area contributed by atoms with E-state index in [1.165, 1.54) is 6.42 Å². The highest BCUT2D eigenvalue weighted by Gasteiger charge is 2.60. The normalized spacial score (nSPS) is 29.6. The quantitative estimate of drug-likeness (QED) is 0.836. The predicted octanol–water partition coefficient (Wildman–Crippen LogP) is 3.35. The molecule has 0 heterocycles. The monoisotopic (exact) mass is 256 g/mol. The van der Waals surface area contributed by atoms with Crippen LogP contribution in [0.3, 0.4) is 0 Å². The van der Waals surface area contributed by atoms with Gasteiger partial charge in [0, 0.05) is 0 Å². The number of hydrogen-bond donors (Lipinski definition) is 1. The molecule has 0 saturated heterocycles. The highest BCUT2D eigenvalue weighted by atomic mass is 16.3. The molecule has 2 heteroatoms. The second kappa shape index (κ2) is 4.31. The number of carbonyl (C=O) groups excluding carboxylic acids is 1. The first-order valence-electron chi connectivity index (χ1n) is 7.12. The van der Waals surface area contributed by atoms with Gasteiger partial charge < -0.3 is 5.11 Å². The first-order chi connectivity index (χ1) is 9.11.